The van der Waals surface area contributed by atoms with Crippen molar-refractivity contribution >= 4 is 29.9 Å². The van der Waals surface area contributed by atoms with Crippen molar-refractivity contribution in [1.29, 1.82) is 0 Å². The maximum atomic E-state index is 9.15. The first-order chi connectivity index (χ1) is 12.1. The maximum Gasteiger partial charge on any atom is 0.191 e. The van der Waals surface area contributed by atoms with E-state index in [1.54, 1.807) is 0 Å². The molecule has 1 aromatic carbocycles. The number of aryl methyl sites for hydroxylation is 1. The van der Waals surface area contributed by atoms with Gasteiger partial charge in [0.1, 0.15) is 0 Å². The van der Waals surface area contributed by atoms with Crippen LogP contribution < -0.4 is 10.6 Å². The fraction of sp³-hybridized carbons (Fsp3) is 0.650. The second kappa shape index (κ2) is 12.5. The molecule has 0 aromatic heterocycles. The first-order valence-corrected chi connectivity index (χ1v) is 9.54. The Morgan fingerprint density at radius 1 is 1.35 bits per heavy atom. The molecule has 3 N–H and O–H groups in total. The van der Waals surface area contributed by atoms with Gasteiger partial charge in [0.15, 0.2) is 5.96 Å². The fourth-order valence-corrected chi connectivity index (χ4v) is 3.12. The molecule has 1 aliphatic rings. The number of guanidine groups is 1. The normalized spacial score (nSPS) is 17.5. The van der Waals surface area contributed by atoms with Crippen molar-refractivity contribution in [2.24, 2.45) is 10.9 Å². The highest BCUT2D eigenvalue weighted by atomic mass is 127. The van der Waals surface area contributed by atoms with Crippen molar-refractivity contribution in [3.63, 3.8) is 0 Å². The number of aliphatic imine (C=N–C) groups is 1. The van der Waals surface area contributed by atoms with Crippen molar-refractivity contribution in [2.75, 3.05) is 32.8 Å². The van der Waals surface area contributed by atoms with Crippen molar-refractivity contribution in [3.8, 4) is 0 Å². The molecule has 1 unspecified atom stereocenters. The second-order valence-electron chi connectivity index (χ2n) is 7.19. The minimum absolute atomic E-state index is 0. The van der Waals surface area contributed by atoms with Gasteiger partial charge in [-0.15, -0.1) is 24.0 Å². The Balaban J connectivity index is 0.00000338. The van der Waals surface area contributed by atoms with Crippen LogP contribution in [0.2, 0.25) is 0 Å². The first-order valence-electron chi connectivity index (χ1n) is 9.54. The smallest absolute Gasteiger partial charge is 0.191 e. The topological polar surface area (TPSA) is 59.9 Å². The molecule has 5 nitrogen and oxygen atoms in total. The first kappa shape index (κ1) is 23.2. The number of rotatable bonds is 7. The minimum Gasteiger partial charge on any atom is -0.396 e. The number of hydrogen-bond acceptors (Lipinski definition) is 3. The fourth-order valence-electron chi connectivity index (χ4n) is 3.12. The molecular formula is C20H35IN4O. The van der Waals surface area contributed by atoms with Gasteiger partial charge in [-0.05, 0) is 38.2 Å². The van der Waals surface area contributed by atoms with Crippen LogP contribution in [-0.2, 0) is 6.54 Å². The molecule has 148 valence electrons. The van der Waals surface area contributed by atoms with E-state index in [2.05, 4.69) is 58.6 Å². The molecule has 1 aliphatic heterocycles. The van der Waals surface area contributed by atoms with Crippen LogP contribution in [0.4, 0.5) is 0 Å². The third-order valence-electron chi connectivity index (χ3n) is 4.63. The Morgan fingerprint density at radius 2 is 2.08 bits per heavy atom. The van der Waals surface area contributed by atoms with E-state index >= 15 is 0 Å². The lowest BCUT2D eigenvalue weighted by molar-refractivity contribution is 0.198. The van der Waals surface area contributed by atoms with Gasteiger partial charge < -0.3 is 15.7 Å². The van der Waals surface area contributed by atoms with Crippen LogP contribution >= 0.6 is 24.0 Å². The van der Waals surface area contributed by atoms with Crippen molar-refractivity contribution in [2.45, 2.75) is 46.2 Å². The van der Waals surface area contributed by atoms with E-state index in [1.165, 1.54) is 11.1 Å². The highest BCUT2D eigenvalue weighted by Crippen LogP contribution is 2.14. The van der Waals surface area contributed by atoms with E-state index in [0.29, 0.717) is 12.6 Å². The van der Waals surface area contributed by atoms with Gasteiger partial charge in [0.05, 0.1) is 0 Å². The molecule has 6 heteroatoms. The summed E-state index contributed by atoms with van der Waals surface area (Å²) >= 11 is 0. The van der Waals surface area contributed by atoms with Gasteiger partial charge in [-0.1, -0.05) is 36.8 Å². The molecule has 0 spiro atoms. The summed E-state index contributed by atoms with van der Waals surface area (Å²) in [7, 11) is 0. The number of nitrogens with zero attached hydrogens (tertiary/aromatic N) is 2. The average molecular weight is 474 g/mol. The number of piperidine rings is 1. The van der Waals surface area contributed by atoms with Gasteiger partial charge in [-0.25, -0.2) is 0 Å². The van der Waals surface area contributed by atoms with E-state index in [1.807, 2.05) is 6.92 Å². The molecule has 0 amide bonds. The lowest BCUT2D eigenvalue weighted by atomic mass is 10.0. The van der Waals surface area contributed by atoms with Crippen molar-refractivity contribution < 1.29 is 5.11 Å². The summed E-state index contributed by atoms with van der Waals surface area (Å²) in [5.74, 6) is 1.08. The lowest BCUT2D eigenvalue weighted by Crippen LogP contribution is -2.48. The number of aliphatic hydroxyl groups is 1. The molecule has 1 fully saturated rings. The molecule has 1 aromatic rings. The van der Waals surface area contributed by atoms with Crippen LogP contribution in [0.5, 0.6) is 0 Å². The Labute approximate surface area is 175 Å². The Bertz CT molecular complexity index is 544. The molecule has 2 rings (SSSR count). The van der Waals surface area contributed by atoms with Crippen molar-refractivity contribution in [3.05, 3.63) is 35.4 Å². The van der Waals surface area contributed by atoms with Crippen molar-refractivity contribution in [1.82, 2.24) is 15.5 Å². The molecule has 0 radical (unpaired) electrons. The van der Waals surface area contributed by atoms with Gasteiger partial charge in [-0.3, -0.25) is 9.89 Å². The zero-order valence-corrected chi connectivity index (χ0v) is 18.7. The van der Waals surface area contributed by atoms with E-state index in [9.17, 15) is 0 Å². The molecule has 1 saturated heterocycles. The van der Waals surface area contributed by atoms with E-state index < -0.39 is 0 Å². The number of hydrogen-bond donors (Lipinski definition) is 3. The summed E-state index contributed by atoms with van der Waals surface area (Å²) in [4.78, 5) is 7.13. The van der Waals surface area contributed by atoms with Crippen LogP contribution in [0, 0.1) is 12.8 Å². The summed E-state index contributed by atoms with van der Waals surface area (Å²) in [5.41, 5.74) is 2.73. The quantitative estimate of drug-likeness (QED) is 0.323. The predicted octanol–water partition coefficient (Wildman–Crippen LogP) is 2.76. The third kappa shape index (κ3) is 8.22. The Morgan fingerprint density at radius 3 is 2.69 bits per heavy atom. The molecular weight excluding hydrogens is 439 g/mol. The summed E-state index contributed by atoms with van der Waals surface area (Å²) < 4.78 is 0. The summed E-state index contributed by atoms with van der Waals surface area (Å²) in [6.45, 7) is 11.2. The molecule has 26 heavy (non-hydrogen) atoms. The number of likely N-dealkylation sites (tertiary alicyclic amines) is 1. The second-order valence-corrected chi connectivity index (χ2v) is 7.19. The zero-order valence-electron chi connectivity index (χ0n) is 16.4. The number of aliphatic hydroxyl groups excluding tert-OH is 1. The SMILES string of the molecule is CCNC(=NCC(C)CO)NC1CCN(Cc2cccc(C)c2)CC1.I. The van der Waals surface area contributed by atoms with E-state index in [0.717, 1.165) is 45.0 Å². The molecule has 1 heterocycles. The molecule has 1 atom stereocenters. The van der Waals surface area contributed by atoms with Gasteiger partial charge in [-0.2, -0.15) is 0 Å². The van der Waals surface area contributed by atoms with E-state index in [-0.39, 0.29) is 36.5 Å². The van der Waals surface area contributed by atoms with Gasteiger partial charge in [0, 0.05) is 45.4 Å². The van der Waals surface area contributed by atoms with Crippen LogP contribution in [0.15, 0.2) is 29.3 Å². The van der Waals surface area contributed by atoms with Crippen LogP contribution in [-0.4, -0.2) is 54.8 Å². The molecule has 0 bridgehead atoms. The zero-order chi connectivity index (χ0) is 18.1. The largest absolute Gasteiger partial charge is 0.396 e. The summed E-state index contributed by atoms with van der Waals surface area (Å²) in [6, 6.07) is 9.26. The highest BCUT2D eigenvalue weighted by molar-refractivity contribution is 14.0. The van der Waals surface area contributed by atoms with E-state index in [4.69, 9.17) is 5.11 Å². The minimum atomic E-state index is 0. The number of nitrogens with one attached hydrogen (secondary N) is 2. The monoisotopic (exact) mass is 474 g/mol. The predicted molar refractivity (Wildman–Crippen MR) is 120 cm³/mol. The Hall–Kier alpha value is -0.860. The maximum absolute atomic E-state index is 9.15. The number of benzene rings is 1. The average Bonchev–Trinajstić information content (AvgIpc) is 2.61. The highest BCUT2D eigenvalue weighted by Gasteiger charge is 2.20. The lowest BCUT2D eigenvalue weighted by Gasteiger charge is -2.33. The molecule has 0 aliphatic carbocycles. The third-order valence-corrected chi connectivity index (χ3v) is 4.63. The van der Waals surface area contributed by atoms with Crippen LogP contribution in [0.1, 0.15) is 37.8 Å². The van der Waals surface area contributed by atoms with Gasteiger partial charge in [0.2, 0.25) is 0 Å². The summed E-state index contributed by atoms with van der Waals surface area (Å²) in [6.07, 6.45) is 2.26. The van der Waals surface area contributed by atoms with Crippen LogP contribution in [0.25, 0.3) is 0 Å². The Kier molecular flexibility index (Phi) is 11.2. The van der Waals surface area contributed by atoms with Gasteiger partial charge in [0.25, 0.3) is 0 Å². The molecule has 0 saturated carbocycles. The van der Waals surface area contributed by atoms with Gasteiger partial charge >= 0.3 is 0 Å². The summed E-state index contributed by atoms with van der Waals surface area (Å²) in [5, 5.41) is 16.0. The standard InChI is InChI=1S/C20H34N4O.HI/c1-4-21-20(22-13-17(3)15-25)23-19-8-10-24(11-9-19)14-18-7-5-6-16(2)12-18;/h5-7,12,17,19,25H,4,8-11,13-15H2,1-3H3,(H2,21,22,23);1H. The number of halogens is 1. The van der Waals surface area contributed by atoms with Crippen LogP contribution in [0.3, 0.4) is 0 Å².